The SMILES string of the molecule is C=C1NN=C(c2ccc(F)c(N3CCCC3=O)c2)C2=C1CCCC2. The van der Waals surface area contributed by atoms with Crippen molar-refractivity contribution < 1.29 is 9.18 Å². The molecule has 4 rings (SSSR count). The van der Waals surface area contributed by atoms with Gasteiger partial charge in [-0.15, -0.1) is 0 Å². The van der Waals surface area contributed by atoms with Crippen LogP contribution in [0.5, 0.6) is 0 Å². The van der Waals surface area contributed by atoms with E-state index < -0.39 is 0 Å². The van der Waals surface area contributed by atoms with E-state index >= 15 is 0 Å². The fourth-order valence-electron chi connectivity index (χ4n) is 3.77. The summed E-state index contributed by atoms with van der Waals surface area (Å²) in [6.07, 6.45) is 5.51. The minimum absolute atomic E-state index is 0.0132. The van der Waals surface area contributed by atoms with Gasteiger partial charge < -0.3 is 4.90 Å². The van der Waals surface area contributed by atoms with E-state index in [1.807, 2.05) is 0 Å². The highest BCUT2D eigenvalue weighted by molar-refractivity contribution is 6.14. The molecule has 124 valence electrons. The maximum absolute atomic E-state index is 14.3. The van der Waals surface area contributed by atoms with Crippen LogP contribution in [-0.2, 0) is 4.79 Å². The van der Waals surface area contributed by atoms with E-state index in [4.69, 9.17) is 0 Å². The topological polar surface area (TPSA) is 44.7 Å². The van der Waals surface area contributed by atoms with E-state index in [-0.39, 0.29) is 11.7 Å². The van der Waals surface area contributed by atoms with Crippen LogP contribution in [0.25, 0.3) is 0 Å². The first-order chi connectivity index (χ1) is 11.6. The number of carbonyl (C=O) groups is 1. The molecule has 1 aromatic carbocycles. The molecule has 5 heteroatoms. The van der Waals surface area contributed by atoms with Crippen molar-refractivity contribution in [2.45, 2.75) is 38.5 Å². The van der Waals surface area contributed by atoms with Crippen molar-refractivity contribution in [2.24, 2.45) is 5.10 Å². The van der Waals surface area contributed by atoms with Gasteiger partial charge in [0.1, 0.15) is 5.82 Å². The maximum atomic E-state index is 14.3. The Morgan fingerprint density at radius 3 is 2.67 bits per heavy atom. The fraction of sp³-hybridized carbons (Fsp3) is 0.368. The summed E-state index contributed by atoms with van der Waals surface area (Å²) in [5.74, 6) is -0.374. The Kier molecular flexibility index (Phi) is 3.71. The largest absolute Gasteiger partial charge is 0.310 e. The van der Waals surface area contributed by atoms with Gasteiger partial charge in [0.05, 0.1) is 17.1 Å². The van der Waals surface area contributed by atoms with Gasteiger partial charge in [0.25, 0.3) is 0 Å². The molecule has 2 heterocycles. The number of rotatable bonds is 2. The summed E-state index contributed by atoms with van der Waals surface area (Å²) in [7, 11) is 0. The summed E-state index contributed by atoms with van der Waals surface area (Å²) in [5, 5.41) is 4.46. The lowest BCUT2D eigenvalue weighted by molar-refractivity contribution is -0.117. The average molecular weight is 325 g/mol. The Labute approximate surface area is 140 Å². The Bertz CT molecular complexity index is 794. The molecule has 1 amide bonds. The van der Waals surface area contributed by atoms with Crippen LogP contribution in [0, 0.1) is 5.82 Å². The van der Waals surface area contributed by atoms with Gasteiger partial charge in [0, 0.05) is 18.5 Å². The lowest BCUT2D eigenvalue weighted by Crippen LogP contribution is -2.26. The number of anilines is 1. The first-order valence-corrected chi connectivity index (χ1v) is 8.51. The number of carbonyl (C=O) groups excluding carboxylic acids is 1. The standard InChI is InChI=1S/C19H20FN3O/c1-12-14-5-2-3-6-15(14)19(22-21-12)13-8-9-16(20)17(11-13)23-10-4-7-18(23)24/h8-9,11,21H,1-7,10H2. The molecule has 1 fully saturated rings. The van der Waals surface area contributed by atoms with E-state index in [0.29, 0.717) is 18.7 Å². The van der Waals surface area contributed by atoms with Crippen LogP contribution in [0.3, 0.4) is 0 Å². The number of halogens is 1. The number of nitrogens with zero attached hydrogens (tertiary/aromatic N) is 2. The molecule has 0 unspecified atom stereocenters. The van der Waals surface area contributed by atoms with Gasteiger partial charge in [-0.2, -0.15) is 5.10 Å². The number of hydrogen-bond acceptors (Lipinski definition) is 3. The van der Waals surface area contributed by atoms with E-state index in [1.165, 1.54) is 17.2 Å². The molecule has 0 spiro atoms. The highest BCUT2D eigenvalue weighted by atomic mass is 19.1. The second-order valence-corrected chi connectivity index (χ2v) is 6.53. The summed E-state index contributed by atoms with van der Waals surface area (Å²) in [6, 6.07) is 4.94. The van der Waals surface area contributed by atoms with Crippen LogP contribution in [0.1, 0.15) is 44.1 Å². The van der Waals surface area contributed by atoms with Gasteiger partial charge in [-0.25, -0.2) is 4.39 Å². The number of benzene rings is 1. The van der Waals surface area contributed by atoms with Gasteiger partial charge in [-0.05, 0) is 61.4 Å². The lowest BCUT2D eigenvalue weighted by Gasteiger charge is -2.27. The normalized spacial score (nSPS) is 20.9. The third-order valence-corrected chi connectivity index (χ3v) is 5.00. The number of allylic oxidation sites excluding steroid dienone is 2. The zero-order valence-electron chi connectivity index (χ0n) is 13.6. The van der Waals surface area contributed by atoms with Crippen molar-refractivity contribution in [1.82, 2.24) is 5.43 Å². The van der Waals surface area contributed by atoms with E-state index in [2.05, 4.69) is 17.1 Å². The minimum Gasteiger partial charge on any atom is -0.310 e. The van der Waals surface area contributed by atoms with Crippen LogP contribution < -0.4 is 10.3 Å². The molecule has 24 heavy (non-hydrogen) atoms. The predicted octanol–water partition coefficient (Wildman–Crippen LogP) is 3.64. The molecule has 1 aromatic rings. The van der Waals surface area contributed by atoms with Crippen molar-refractivity contribution in [3.05, 3.63) is 53.0 Å². The van der Waals surface area contributed by atoms with Gasteiger partial charge in [-0.3, -0.25) is 10.2 Å². The molecule has 3 aliphatic rings. The number of amides is 1. The van der Waals surface area contributed by atoms with Gasteiger partial charge in [0.15, 0.2) is 0 Å². The van der Waals surface area contributed by atoms with E-state index in [0.717, 1.165) is 49.1 Å². The summed E-state index contributed by atoms with van der Waals surface area (Å²) in [6.45, 7) is 4.62. The molecule has 1 N–H and O–H groups in total. The Morgan fingerprint density at radius 2 is 1.92 bits per heavy atom. The zero-order valence-corrected chi connectivity index (χ0v) is 13.6. The minimum atomic E-state index is -0.361. The number of hydrazone groups is 1. The first-order valence-electron chi connectivity index (χ1n) is 8.51. The number of nitrogens with one attached hydrogen (secondary N) is 1. The number of hydrogen-bond donors (Lipinski definition) is 1. The van der Waals surface area contributed by atoms with Crippen LogP contribution in [-0.4, -0.2) is 18.2 Å². The Hall–Kier alpha value is -2.43. The third-order valence-electron chi connectivity index (χ3n) is 5.00. The molecule has 1 aliphatic carbocycles. The second-order valence-electron chi connectivity index (χ2n) is 6.53. The summed E-state index contributed by atoms with van der Waals surface area (Å²) >= 11 is 0. The van der Waals surface area contributed by atoms with Gasteiger partial charge in [-0.1, -0.05) is 6.58 Å². The van der Waals surface area contributed by atoms with Crippen LogP contribution in [0.4, 0.5) is 10.1 Å². The van der Waals surface area contributed by atoms with Crippen LogP contribution >= 0.6 is 0 Å². The average Bonchev–Trinajstić information content (AvgIpc) is 3.02. The van der Waals surface area contributed by atoms with E-state index in [9.17, 15) is 9.18 Å². The highest BCUT2D eigenvalue weighted by Crippen LogP contribution is 2.34. The van der Waals surface area contributed by atoms with Crippen molar-refractivity contribution in [3.63, 3.8) is 0 Å². The zero-order chi connectivity index (χ0) is 16.7. The molecule has 0 aromatic heterocycles. The highest BCUT2D eigenvalue weighted by Gasteiger charge is 2.27. The maximum Gasteiger partial charge on any atom is 0.227 e. The molecular weight excluding hydrogens is 305 g/mol. The summed E-state index contributed by atoms with van der Waals surface area (Å²) in [5.41, 5.74) is 8.37. The van der Waals surface area contributed by atoms with Crippen molar-refractivity contribution in [2.75, 3.05) is 11.4 Å². The quantitative estimate of drug-likeness (QED) is 0.902. The first kappa shape index (κ1) is 15.1. The molecular formula is C19H20FN3O. The van der Waals surface area contributed by atoms with Crippen molar-refractivity contribution in [3.8, 4) is 0 Å². The Balaban J connectivity index is 1.76. The monoisotopic (exact) mass is 325 g/mol. The van der Waals surface area contributed by atoms with E-state index in [1.54, 1.807) is 17.0 Å². The smallest absolute Gasteiger partial charge is 0.227 e. The van der Waals surface area contributed by atoms with Crippen LogP contribution in [0.2, 0.25) is 0 Å². The van der Waals surface area contributed by atoms with Gasteiger partial charge in [0.2, 0.25) is 5.91 Å². The molecule has 0 saturated carbocycles. The lowest BCUT2D eigenvalue weighted by atomic mass is 9.84. The van der Waals surface area contributed by atoms with Crippen molar-refractivity contribution in [1.29, 1.82) is 0 Å². The van der Waals surface area contributed by atoms with Gasteiger partial charge >= 0.3 is 0 Å². The second kappa shape index (κ2) is 5.89. The molecule has 0 bridgehead atoms. The fourth-order valence-corrected chi connectivity index (χ4v) is 3.77. The molecule has 4 nitrogen and oxygen atoms in total. The molecule has 0 radical (unpaired) electrons. The summed E-state index contributed by atoms with van der Waals surface area (Å²) in [4.78, 5) is 13.5. The molecule has 0 atom stereocenters. The molecule has 2 aliphatic heterocycles. The third kappa shape index (κ3) is 2.44. The predicted molar refractivity (Wildman–Crippen MR) is 92.3 cm³/mol. The molecule has 1 saturated heterocycles. The van der Waals surface area contributed by atoms with Crippen LogP contribution in [0.15, 0.2) is 46.7 Å². The summed E-state index contributed by atoms with van der Waals surface area (Å²) < 4.78 is 14.3. The Morgan fingerprint density at radius 1 is 1.12 bits per heavy atom. The van der Waals surface area contributed by atoms with Crippen molar-refractivity contribution >= 4 is 17.3 Å².